The van der Waals surface area contributed by atoms with Crippen molar-refractivity contribution in [3.63, 3.8) is 0 Å². The Morgan fingerprint density at radius 1 is 1.31 bits per heavy atom. The first kappa shape index (κ1) is 10.1. The summed E-state index contributed by atoms with van der Waals surface area (Å²) < 4.78 is 0. The highest BCUT2D eigenvalue weighted by atomic mass is 14.9. The number of para-hydroxylation sites is 1. The lowest BCUT2D eigenvalue weighted by atomic mass is 10.1. The van der Waals surface area contributed by atoms with Crippen LogP contribution < -0.4 is 5.32 Å². The molecule has 0 aromatic heterocycles. The van der Waals surface area contributed by atoms with Crippen molar-refractivity contribution in [2.24, 2.45) is 5.92 Å². The zero-order valence-corrected chi connectivity index (χ0v) is 8.80. The molecule has 1 rings (SSSR count). The average Bonchev–Trinajstić information content (AvgIpc) is 2.16. The number of anilines is 1. The van der Waals surface area contributed by atoms with Crippen LogP contribution >= 0.6 is 0 Å². The van der Waals surface area contributed by atoms with Gasteiger partial charge < -0.3 is 5.32 Å². The molecule has 1 nitrogen and oxygen atoms in total. The van der Waals surface area contributed by atoms with Gasteiger partial charge in [0.05, 0.1) is 0 Å². The van der Waals surface area contributed by atoms with Crippen molar-refractivity contribution >= 4 is 5.69 Å². The second-order valence-corrected chi connectivity index (χ2v) is 3.71. The molecular weight excluding hydrogens is 158 g/mol. The van der Waals surface area contributed by atoms with Gasteiger partial charge in [-0.3, -0.25) is 0 Å². The van der Waals surface area contributed by atoms with E-state index in [1.54, 1.807) is 0 Å². The number of aryl methyl sites for hydroxylation is 1. The largest absolute Gasteiger partial charge is 0.385 e. The SMILES string of the molecule is CC[C@H](C)CNc1ccccc1C. The van der Waals surface area contributed by atoms with Crippen LogP contribution in [0.2, 0.25) is 0 Å². The fraction of sp³-hybridized carbons (Fsp3) is 0.500. The summed E-state index contributed by atoms with van der Waals surface area (Å²) in [6, 6.07) is 8.42. The van der Waals surface area contributed by atoms with Gasteiger partial charge in [0.25, 0.3) is 0 Å². The topological polar surface area (TPSA) is 12.0 Å². The highest BCUT2D eigenvalue weighted by Crippen LogP contribution is 2.14. The normalized spacial score (nSPS) is 12.5. The molecule has 0 fully saturated rings. The van der Waals surface area contributed by atoms with E-state index in [0.29, 0.717) is 0 Å². The maximum Gasteiger partial charge on any atom is 0.0369 e. The second-order valence-electron chi connectivity index (χ2n) is 3.71. The first-order valence-corrected chi connectivity index (χ1v) is 5.03. The Hall–Kier alpha value is -0.980. The van der Waals surface area contributed by atoms with Crippen LogP contribution in [0.4, 0.5) is 5.69 Å². The monoisotopic (exact) mass is 177 g/mol. The molecule has 1 aromatic rings. The van der Waals surface area contributed by atoms with E-state index < -0.39 is 0 Å². The molecule has 0 spiro atoms. The van der Waals surface area contributed by atoms with Crippen LogP contribution in [0.15, 0.2) is 24.3 Å². The molecule has 0 saturated carbocycles. The average molecular weight is 177 g/mol. The molecule has 0 bridgehead atoms. The lowest BCUT2D eigenvalue weighted by Gasteiger charge is -2.12. The molecule has 0 heterocycles. The van der Waals surface area contributed by atoms with E-state index in [4.69, 9.17) is 0 Å². The van der Waals surface area contributed by atoms with Crippen LogP contribution in [0.3, 0.4) is 0 Å². The standard InChI is InChI=1S/C12H19N/c1-4-10(2)9-13-12-8-6-5-7-11(12)3/h5-8,10,13H,4,9H2,1-3H3/t10-/m0/s1. The number of hydrogen-bond donors (Lipinski definition) is 1. The Bertz CT molecular complexity index is 255. The van der Waals surface area contributed by atoms with E-state index in [0.717, 1.165) is 12.5 Å². The number of benzene rings is 1. The summed E-state index contributed by atoms with van der Waals surface area (Å²) in [6.07, 6.45) is 1.24. The quantitative estimate of drug-likeness (QED) is 0.742. The van der Waals surface area contributed by atoms with E-state index in [2.05, 4.69) is 50.4 Å². The summed E-state index contributed by atoms with van der Waals surface area (Å²) in [6.45, 7) is 7.70. The van der Waals surface area contributed by atoms with E-state index in [1.165, 1.54) is 17.7 Å². The molecule has 1 heteroatoms. The van der Waals surface area contributed by atoms with Crippen LogP contribution in [0.25, 0.3) is 0 Å². The van der Waals surface area contributed by atoms with Gasteiger partial charge in [0, 0.05) is 12.2 Å². The van der Waals surface area contributed by atoms with Crippen LogP contribution in [0, 0.1) is 12.8 Å². The van der Waals surface area contributed by atoms with Crippen molar-refractivity contribution in [1.29, 1.82) is 0 Å². The van der Waals surface area contributed by atoms with Crippen molar-refractivity contribution in [3.05, 3.63) is 29.8 Å². The summed E-state index contributed by atoms with van der Waals surface area (Å²) in [5, 5.41) is 3.46. The van der Waals surface area contributed by atoms with Gasteiger partial charge in [-0.15, -0.1) is 0 Å². The molecule has 0 aliphatic rings. The third-order valence-electron chi connectivity index (χ3n) is 2.48. The molecular formula is C12H19N. The van der Waals surface area contributed by atoms with E-state index in [9.17, 15) is 0 Å². The second kappa shape index (κ2) is 4.90. The minimum Gasteiger partial charge on any atom is -0.385 e. The number of rotatable bonds is 4. The van der Waals surface area contributed by atoms with Crippen molar-refractivity contribution in [2.75, 3.05) is 11.9 Å². The smallest absolute Gasteiger partial charge is 0.0369 e. The lowest BCUT2D eigenvalue weighted by molar-refractivity contribution is 0.593. The van der Waals surface area contributed by atoms with E-state index in [-0.39, 0.29) is 0 Å². The van der Waals surface area contributed by atoms with E-state index in [1.807, 2.05) is 0 Å². The van der Waals surface area contributed by atoms with Gasteiger partial charge in [0.1, 0.15) is 0 Å². The first-order valence-electron chi connectivity index (χ1n) is 5.03. The molecule has 0 saturated heterocycles. The maximum absolute atomic E-state index is 3.46. The van der Waals surface area contributed by atoms with Gasteiger partial charge >= 0.3 is 0 Å². The van der Waals surface area contributed by atoms with Crippen molar-refractivity contribution < 1.29 is 0 Å². The molecule has 0 unspecified atom stereocenters. The van der Waals surface area contributed by atoms with Crippen molar-refractivity contribution in [1.82, 2.24) is 0 Å². The van der Waals surface area contributed by atoms with Gasteiger partial charge in [0.15, 0.2) is 0 Å². The lowest BCUT2D eigenvalue weighted by Crippen LogP contribution is -2.10. The molecule has 13 heavy (non-hydrogen) atoms. The van der Waals surface area contributed by atoms with Crippen LogP contribution in [-0.4, -0.2) is 6.54 Å². The zero-order chi connectivity index (χ0) is 9.68. The molecule has 1 aromatic carbocycles. The third-order valence-corrected chi connectivity index (χ3v) is 2.48. The molecule has 1 atom stereocenters. The Balaban J connectivity index is 2.50. The fourth-order valence-electron chi connectivity index (χ4n) is 1.20. The summed E-state index contributed by atoms with van der Waals surface area (Å²) in [7, 11) is 0. The van der Waals surface area contributed by atoms with Crippen molar-refractivity contribution in [3.8, 4) is 0 Å². The molecule has 0 aliphatic heterocycles. The summed E-state index contributed by atoms with van der Waals surface area (Å²) in [5.74, 6) is 0.750. The molecule has 0 aliphatic carbocycles. The van der Waals surface area contributed by atoms with Crippen LogP contribution in [0.5, 0.6) is 0 Å². The minimum atomic E-state index is 0.750. The highest BCUT2D eigenvalue weighted by molar-refractivity contribution is 5.50. The number of hydrogen-bond acceptors (Lipinski definition) is 1. The Labute approximate surface area is 81.2 Å². The van der Waals surface area contributed by atoms with Crippen LogP contribution in [0.1, 0.15) is 25.8 Å². The zero-order valence-electron chi connectivity index (χ0n) is 8.80. The molecule has 1 N–H and O–H groups in total. The maximum atomic E-state index is 3.46. The predicted octanol–water partition coefficient (Wildman–Crippen LogP) is 3.45. The first-order chi connectivity index (χ1) is 6.24. The van der Waals surface area contributed by atoms with Gasteiger partial charge in [-0.25, -0.2) is 0 Å². The highest BCUT2D eigenvalue weighted by Gasteiger charge is 1.99. The Morgan fingerprint density at radius 3 is 2.62 bits per heavy atom. The predicted molar refractivity (Wildman–Crippen MR) is 59.1 cm³/mol. The third kappa shape index (κ3) is 3.10. The molecule has 0 amide bonds. The Morgan fingerprint density at radius 2 is 2.00 bits per heavy atom. The van der Waals surface area contributed by atoms with Crippen molar-refractivity contribution in [2.45, 2.75) is 27.2 Å². The van der Waals surface area contributed by atoms with Gasteiger partial charge in [0.2, 0.25) is 0 Å². The molecule has 0 radical (unpaired) electrons. The number of nitrogens with one attached hydrogen (secondary N) is 1. The van der Waals surface area contributed by atoms with Gasteiger partial charge in [-0.2, -0.15) is 0 Å². The summed E-state index contributed by atoms with van der Waals surface area (Å²) in [4.78, 5) is 0. The fourth-order valence-corrected chi connectivity index (χ4v) is 1.20. The minimum absolute atomic E-state index is 0.750. The van der Waals surface area contributed by atoms with Gasteiger partial charge in [-0.1, -0.05) is 38.5 Å². The Kier molecular flexibility index (Phi) is 3.81. The summed E-state index contributed by atoms with van der Waals surface area (Å²) >= 11 is 0. The molecule has 72 valence electrons. The summed E-state index contributed by atoms with van der Waals surface area (Å²) in [5.41, 5.74) is 2.59. The van der Waals surface area contributed by atoms with Gasteiger partial charge in [-0.05, 0) is 24.5 Å². The van der Waals surface area contributed by atoms with Crippen LogP contribution in [-0.2, 0) is 0 Å². The van der Waals surface area contributed by atoms with E-state index >= 15 is 0 Å².